The predicted molar refractivity (Wildman–Crippen MR) is 81.5 cm³/mol. The summed E-state index contributed by atoms with van der Waals surface area (Å²) in [5.74, 6) is 0.696. The number of halogens is 1. The fraction of sp³-hybridized carbons (Fsp3) is 0.647. The lowest BCUT2D eigenvalue weighted by Gasteiger charge is -2.40. The number of rotatable bonds is 3. The van der Waals surface area contributed by atoms with E-state index in [1.165, 1.54) is 32.1 Å². The van der Waals surface area contributed by atoms with Gasteiger partial charge in [0.1, 0.15) is 5.82 Å². The van der Waals surface area contributed by atoms with Gasteiger partial charge in [-0.25, -0.2) is 4.39 Å². The second kappa shape index (κ2) is 5.72. The summed E-state index contributed by atoms with van der Waals surface area (Å²) >= 11 is 0. The van der Waals surface area contributed by atoms with Gasteiger partial charge < -0.3 is 10.6 Å². The van der Waals surface area contributed by atoms with Gasteiger partial charge in [0.15, 0.2) is 0 Å². The van der Waals surface area contributed by atoms with Gasteiger partial charge in [0.05, 0.1) is 5.69 Å². The minimum atomic E-state index is -0.0734. The Morgan fingerprint density at radius 3 is 2.90 bits per heavy atom. The summed E-state index contributed by atoms with van der Waals surface area (Å²) in [7, 11) is 0. The molecule has 0 aromatic heterocycles. The molecular formula is C17H25FN2. The van der Waals surface area contributed by atoms with Crippen molar-refractivity contribution in [1.29, 1.82) is 0 Å². The van der Waals surface area contributed by atoms with E-state index in [2.05, 4.69) is 4.90 Å². The fourth-order valence-corrected chi connectivity index (χ4v) is 4.12. The van der Waals surface area contributed by atoms with Crippen molar-refractivity contribution in [3.8, 4) is 0 Å². The molecule has 1 aromatic carbocycles. The SMILES string of the molecule is CC(N)Cc1cccc(F)c1N1CCCC2CCCC21. The normalized spacial score (nSPS) is 27.4. The van der Waals surface area contributed by atoms with Crippen LogP contribution in [-0.2, 0) is 6.42 Å². The first-order chi connectivity index (χ1) is 9.66. The van der Waals surface area contributed by atoms with Crippen molar-refractivity contribution in [1.82, 2.24) is 0 Å². The third-order valence-electron chi connectivity index (χ3n) is 4.89. The lowest BCUT2D eigenvalue weighted by atomic mass is 9.90. The van der Waals surface area contributed by atoms with Gasteiger partial charge in [-0.05, 0) is 56.6 Å². The van der Waals surface area contributed by atoms with Gasteiger partial charge in [0, 0.05) is 18.6 Å². The summed E-state index contributed by atoms with van der Waals surface area (Å²) in [6, 6.07) is 6.07. The van der Waals surface area contributed by atoms with Crippen LogP contribution in [0, 0.1) is 11.7 Å². The maximum absolute atomic E-state index is 14.5. The number of piperidine rings is 1. The van der Waals surface area contributed by atoms with Crippen LogP contribution in [0.5, 0.6) is 0 Å². The van der Waals surface area contributed by atoms with Crippen LogP contribution in [0.1, 0.15) is 44.6 Å². The molecule has 3 unspecified atom stereocenters. The number of nitrogens with zero attached hydrogens (tertiary/aromatic N) is 1. The second-order valence-corrected chi connectivity index (χ2v) is 6.52. The van der Waals surface area contributed by atoms with E-state index in [4.69, 9.17) is 5.73 Å². The summed E-state index contributed by atoms with van der Waals surface area (Å²) in [5.41, 5.74) is 7.85. The number of para-hydroxylation sites is 1. The number of hydrogen-bond donors (Lipinski definition) is 1. The Morgan fingerprint density at radius 2 is 2.10 bits per heavy atom. The highest BCUT2D eigenvalue weighted by molar-refractivity contribution is 5.56. The molecule has 3 heteroatoms. The number of anilines is 1. The molecular weight excluding hydrogens is 251 g/mol. The van der Waals surface area contributed by atoms with Crippen LogP contribution >= 0.6 is 0 Å². The molecule has 1 heterocycles. The molecule has 2 fully saturated rings. The molecule has 0 amide bonds. The van der Waals surface area contributed by atoms with E-state index in [-0.39, 0.29) is 11.9 Å². The molecule has 1 aliphatic carbocycles. The van der Waals surface area contributed by atoms with Crippen molar-refractivity contribution in [2.75, 3.05) is 11.4 Å². The van der Waals surface area contributed by atoms with Crippen molar-refractivity contribution in [3.63, 3.8) is 0 Å². The summed E-state index contributed by atoms with van der Waals surface area (Å²) < 4.78 is 14.5. The summed E-state index contributed by atoms with van der Waals surface area (Å²) in [6.45, 7) is 2.98. The van der Waals surface area contributed by atoms with Crippen molar-refractivity contribution >= 4 is 5.69 Å². The minimum absolute atomic E-state index is 0.0692. The fourth-order valence-electron chi connectivity index (χ4n) is 4.12. The Balaban J connectivity index is 1.95. The van der Waals surface area contributed by atoms with E-state index in [9.17, 15) is 4.39 Å². The second-order valence-electron chi connectivity index (χ2n) is 6.52. The van der Waals surface area contributed by atoms with Crippen molar-refractivity contribution in [3.05, 3.63) is 29.6 Å². The van der Waals surface area contributed by atoms with E-state index < -0.39 is 0 Å². The summed E-state index contributed by atoms with van der Waals surface area (Å²) in [6.07, 6.45) is 7.09. The van der Waals surface area contributed by atoms with Crippen LogP contribution in [0.25, 0.3) is 0 Å². The van der Waals surface area contributed by atoms with Gasteiger partial charge in [0.25, 0.3) is 0 Å². The van der Waals surface area contributed by atoms with Crippen LogP contribution in [0.15, 0.2) is 18.2 Å². The molecule has 3 atom stereocenters. The maximum atomic E-state index is 14.5. The zero-order chi connectivity index (χ0) is 14.1. The summed E-state index contributed by atoms with van der Waals surface area (Å²) in [5, 5.41) is 0. The van der Waals surface area contributed by atoms with Gasteiger partial charge in [-0.3, -0.25) is 0 Å². The molecule has 1 saturated carbocycles. The summed E-state index contributed by atoms with van der Waals surface area (Å²) in [4.78, 5) is 2.36. The number of fused-ring (bicyclic) bond motifs is 1. The molecule has 2 nitrogen and oxygen atoms in total. The van der Waals surface area contributed by atoms with E-state index >= 15 is 0 Å². The monoisotopic (exact) mass is 276 g/mol. The van der Waals surface area contributed by atoms with Crippen LogP contribution in [0.4, 0.5) is 10.1 Å². The minimum Gasteiger partial charge on any atom is -0.366 e. The zero-order valence-electron chi connectivity index (χ0n) is 12.3. The number of nitrogens with two attached hydrogens (primary N) is 1. The topological polar surface area (TPSA) is 29.3 Å². The maximum Gasteiger partial charge on any atom is 0.146 e. The Labute approximate surface area is 121 Å². The highest BCUT2D eigenvalue weighted by Gasteiger charge is 2.36. The molecule has 2 N–H and O–H groups in total. The van der Waals surface area contributed by atoms with Crippen molar-refractivity contribution in [2.45, 2.75) is 57.5 Å². The van der Waals surface area contributed by atoms with Crippen LogP contribution in [0.2, 0.25) is 0 Å². The van der Waals surface area contributed by atoms with Gasteiger partial charge >= 0.3 is 0 Å². The van der Waals surface area contributed by atoms with Gasteiger partial charge in [-0.1, -0.05) is 18.6 Å². The highest BCUT2D eigenvalue weighted by Crippen LogP contribution is 2.41. The Hall–Kier alpha value is -1.09. The average Bonchev–Trinajstić information content (AvgIpc) is 2.86. The van der Waals surface area contributed by atoms with E-state index in [1.807, 2.05) is 19.1 Å². The lowest BCUT2D eigenvalue weighted by Crippen LogP contribution is -2.43. The molecule has 0 bridgehead atoms. The third kappa shape index (κ3) is 2.56. The third-order valence-corrected chi connectivity index (χ3v) is 4.89. The van der Waals surface area contributed by atoms with E-state index in [0.29, 0.717) is 6.04 Å². The standard InChI is InChI=1S/C17H25FN2/c1-12(19)11-14-6-2-8-15(18)17(14)20-10-4-7-13-5-3-9-16(13)20/h2,6,8,12-13,16H,3-5,7,9-11,19H2,1H3. The molecule has 0 spiro atoms. The van der Waals surface area contributed by atoms with Gasteiger partial charge in [0.2, 0.25) is 0 Å². The first kappa shape index (κ1) is 13.9. The van der Waals surface area contributed by atoms with Crippen molar-refractivity contribution in [2.24, 2.45) is 11.7 Å². The zero-order valence-corrected chi connectivity index (χ0v) is 12.3. The van der Waals surface area contributed by atoms with Gasteiger partial charge in [-0.15, -0.1) is 0 Å². The first-order valence-electron chi connectivity index (χ1n) is 7.96. The molecule has 1 aromatic rings. The average molecular weight is 276 g/mol. The molecule has 1 saturated heterocycles. The van der Waals surface area contributed by atoms with Crippen molar-refractivity contribution < 1.29 is 4.39 Å². The van der Waals surface area contributed by atoms with E-state index in [0.717, 1.165) is 30.1 Å². The molecule has 0 radical (unpaired) electrons. The molecule has 20 heavy (non-hydrogen) atoms. The molecule has 1 aliphatic heterocycles. The molecule has 3 rings (SSSR count). The van der Waals surface area contributed by atoms with Crippen LogP contribution < -0.4 is 10.6 Å². The lowest BCUT2D eigenvalue weighted by molar-refractivity contribution is 0.358. The molecule has 110 valence electrons. The van der Waals surface area contributed by atoms with Gasteiger partial charge in [-0.2, -0.15) is 0 Å². The number of benzene rings is 1. The highest BCUT2D eigenvalue weighted by atomic mass is 19.1. The quantitative estimate of drug-likeness (QED) is 0.915. The first-order valence-corrected chi connectivity index (χ1v) is 7.96. The van der Waals surface area contributed by atoms with Crippen LogP contribution in [0.3, 0.4) is 0 Å². The Bertz CT molecular complexity index is 472. The van der Waals surface area contributed by atoms with Crippen LogP contribution in [-0.4, -0.2) is 18.6 Å². The molecule has 2 aliphatic rings. The number of hydrogen-bond acceptors (Lipinski definition) is 2. The Kier molecular flexibility index (Phi) is 3.97. The van der Waals surface area contributed by atoms with E-state index in [1.54, 1.807) is 6.07 Å². The Morgan fingerprint density at radius 1 is 1.30 bits per heavy atom. The predicted octanol–water partition coefficient (Wildman–Crippen LogP) is 3.48. The largest absolute Gasteiger partial charge is 0.366 e. The smallest absolute Gasteiger partial charge is 0.146 e.